The van der Waals surface area contributed by atoms with Gasteiger partial charge in [0.2, 0.25) is 17.6 Å². The third-order valence-electron chi connectivity index (χ3n) is 4.45. The number of likely N-dealkylation sites (tertiary alicyclic amines) is 1. The molecule has 1 saturated heterocycles. The van der Waals surface area contributed by atoms with Gasteiger partial charge in [-0.05, 0) is 36.2 Å². The zero-order valence-corrected chi connectivity index (χ0v) is 14.8. The maximum Gasteiger partial charge on any atom is 0.249 e. The van der Waals surface area contributed by atoms with Gasteiger partial charge in [-0.3, -0.25) is 4.79 Å². The van der Waals surface area contributed by atoms with E-state index in [1.54, 1.807) is 24.3 Å². The van der Waals surface area contributed by atoms with Gasteiger partial charge in [0, 0.05) is 24.6 Å². The molecule has 0 aliphatic carbocycles. The molecule has 0 radical (unpaired) electrons. The third-order valence-corrected chi connectivity index (χ3v) is 4.77. The van der Waals surface area contributed by atoms with Gasteiger partial charge in [0.15, 0.2) is 0 Å². The summed E-state index contributed by atoms with van der Waals surface area (Å²) < 4.78 is 32.3. The highest BCUT2D eigenvalue weighted by Crippen LogP contribution is 2.35. The van der Waals surface area contributed by atoms with Crippen molar-refractivity contribution in [2.45, 2.75) is 25.4 Å². The Kier molecular flexibility index (Phi) is 4.61. The summed E-state index contributed by atoms with van der Waals surface area (Å²) in [5, 5.41) is 4.44. The standard InChI is InChI=1S/C19H14ClF2N3O2/c20-15-4-2-1-3-14(15)18-23-19(27-24-18)16-5-6-17(26)25(16)10-11-7-12(21)9-13(22)8-11/h1-4,7-9,16H,5-6,10H2. The fourth-order valence-electron chi connectivity index (χ4n) is 3.21. The molecule has 2 aromatic carbocycles. The average Bonchev–Trinajstić information content (AvgIpc) is 3.22. The number of amides is 1. The van der Waals surface area contributed by atoms with Crippen LogP contribution in [0.15, 0.2) is 47.0 Å². The van der Waals surface area contributed by atoms with Crippen LogP contribution in [0.4, 0.5) is 8.78 Å². The van der Waals surface area contributed by atoms with Crippen molar-refractivity contribution in [3.8, 4) is 11.4 Å². The van der Waals surface area contributed by atoms with E-state index in [4.69, 9.17) is 16.1 Å². The number of nitrogens with zero attached hydrogens (tertiary/aromatic N) is 3. The number of carbonyl (C=O) groups excluding carboxylic acids is 1. The van der Waals surface area contributed by atoms with E-state index in [1.165, 1.54) is 17.0 Å². The molecule has 138 valence electrons. The molecule has 1 aliphatic rings. The number of benzene rings is 2. The molecule has 0 spiro atoms. The Balaban J connectivity index is 1.61. The van der Waals surface area contributed by atoms with Crippen molar-refractivity contribution in [1.82, 2.24) is 15.0 Å². The predicted molar refractivity (Wildman–Crippen MR) is 93.6 cm³/mol. The Morgan fingerprint density at radius 3 is 2.67 bits per heavy atom. The minimum atomic E-state index is -0.688. The lowest BCUT2D eigenvalue weighted by molar-refractivity contribution is -0.130. The zero-order valence-electron chi connectivity index (χ0n) is 14.0. The summed E-state index contributed by atoms with van der Waals surface area (Å²) >= 11 is 6.16. The van der Waals surface area contributed by atoms with Gasteiger partial charge in [-0.15, -0.1) is 0 Å². The molecule has 1 unspecified atom stereocenters. The molecule has 5 nitrogen and oxygen atoms in total. The van der Waals surface area contributed by atoms with Crippen LogP contribution in [0.25, 0.3) is 11.4 Å². The maximum absolute atomic E-state index is 13.5. The van der Waals surface area contributed by atoms with Gasteiger partial charge in [0.25, 0.3) is 0 Å². The van der Waals surface area contributed by atoms with Crippen LogP contribution in [-0.4, -0.2) is 20.9 Å². The minimum Gasteiger partial charge on any atom is -0.337 e. The van der Waals surface area contributed by atoms with Crippen molar-refractivity contribution in [1.29, 1.82) is 0 Å². The highest BCUT2D eigenvalue weighted by molar-refractivity contribution is 6.33. The molecule has 4 rings (SSSR count). The molecule has 0 N–H and O–H groups in total. The van der Waals surface area contributed by atoms with Gasteiger partial charge in [0.1, 0.15) is 17.7 Å². The molecular weight excluding hydrogens is 376 g/mol. The Morgan fingerprint density at radius 1 is 1.19 bits per heavy atom. The van der Waals surface area contributed by atoms with Crippen molar-refractivity contribution in [3.63, 3.8) is 0 Å². The first-order valence-electron chi connectivity index (χ1n) is 8.34. The largest absolute Gasteiger partial charge is 0.337 e. The van der Waals surface area contributed by atoms with Gasteiger partial charge < -0.3 is 9.42 Å². The van der Waals surface area contributed by atoms with Crippen molar-refractivity contribution in [3.05, 3.63) is 70.6 Å². The summed E-state index contributed by atoms with van der Waals surface area (Å²) in [6.07, 6.45) is 0.785. The average molecular weight is 390 g/mol. The number of hydrogen-bond donors (Lipinski definition) is 0. The fourth-order valence-corrected chi connectivity index (χ4v) is 3.43. The molecule has 3 aromatic rings. The Bertz CT molecular complexity index is 988. The van der Waals surface area contributed by atoms with E-state index in [1.807, 2.05) is 0 Å². The molecule has 2 heterocycles. The van der Waals surface area contributed by atoms with Crippen molar-refractivity contribution < 1.29 is 18.1 Å². The smallest absolute Gasteiger partial charge is 0.249 e. The van der Waals surface area contributed by atoms with Crippen LogP contribution in [0.1, 0.15) is 30.3 Å². The quantitative estimate of drug-likeness (QED) is 0.657. The van der Waals surface area contributed by atoms with Crippen LogP contribution >= 0.6 is 11.6 Å². The minimum absolute atomic E-state index is 0.0575. The Labute approximate surface area is 158 Å². The topological polar surface area (TPSA) is 59.2 Å². The summed E-state index contributed by atoms with van der Waals surface area (Å²) in [5.41, 5.74) is 0.982. The molecule has 1 amide bonds. The van der Waals surface area contributed by atoms with Crippen molar-refractivity contribution in [2.75, 3.05) is 0 Å². The molecule has 8 heteroatoms. The van der Waals surface area contributed by atoms with Gasteiger partial charge in [0.05, 0.1) is 5.02 Å². The van der Waals surface area contributed by atoms with Crippen LogP contribution in [0.3, 0.4) is 0 Å². The number of aromatic nitrogens is 2. The number of hydrogen-bond acceptors (Lipinski definition) is 4. The number of rotatable bonds is 4. The normalized spacial score (nSPS) is 16.9. The molecule has 0 saturated carbocycles. The van der Waals surface area contributed by atoms with Crippen molar-refractivity contribution in [2.24, 2.45) is 0 Å². The number of carbonyl (C=O) groups is 1. The Morgan fingerprint density at radius 2 is 1.93 bits per heavy atom. The van der Waals surface area contributed by atoms with E-state index < -0.39 is 17.7 Å². The van der Waals surface area contributed by atoms with E-state index in [2.05, 4.69) is 10.1 Å². The summed E-state index contributed by atoms with van der Waals surface area (Å²) in [6, 6.07) is 9.83. The lowest BCUT2D eigenvalue weighted by Crippen LogP contribution is -2.27. The highest BCUT2D eigenvalue weighted by Gasteiger charge is 2.36. The molecule has 1 aliphatic heterocycles. The van der Waals surface area contributed by atoms with E-state index in [0.29, 0.717) is 34.8 Å². The van der Waals surface area contributed by atoms with E-state index >= 15 is 0 Å². The number of halogens is 3. The summed E-state index contributed by atoms with van der Waals surface area (Å²) in [4.78, 5) is 18.2. The molecular formula is C19H14ClF2N3O2. The van der Waals surface area contributed by atoms with Gasteiger partial charge in [-0.25, -0.2) is 8.78 Å². The second-order valence-corrected chi connectivity index (χ2v) is 6.70. The Hall–Kier alpha value is -2.80. The first-order valence-corrected chi connectivity index (χ1v) is 8.72. The van der Waals surface area contributed by atoms with Crippen LogP contribution in [-0.2, 0) is 11.3 Å². The first-order chi connectivity index (χ1) is 13.0. The van der Waals surface area contributed by atoms with Crippen LogP contribution in [0.5, 0.6) is 0 Å². The highest BCUT2D eigenvalue weighted by atomic mass is 35.5. The molecule has 0 bridgehead atoms. The molecule has 1 aromatic heterocycles. The second-order valence-electron chi connectivity index (χ2n) is 6.29. The van der Waals surface area contributed by atoms with Gasteiger partial charge in [-0.1, -0.05) is 28.9 Å². The monoisotopic (exact) mass is 389 g/mol. The second kappa shape index (κ2) is 7.08. The SMILES string of the molecule is O=C1CCC(c2nc(-c3ccccc3Cl)no2)N1Cc1cc(F)cc(F)c1. The van der Waals surface area contributed by atoms with Gasteiger partial charge in [-0.2, -0.15) is 4.98 Å². The van der Waals surface area contributed by atoms with E-state index in [0.717, 1.165) is 6.07 Å². The zero-order chi connectivity index (χ0) is 19.0. The molecule has 27 heavy (non-hydrogen) atoms. The van der Waals surface area contributed by atoms with Crippen LogP contribution < -0.4 is 0 Å². The van der Waals surface area contributed by atoms with Gasteiger partial charge >= 0.3 is 0 Å². The molecule has 1 atom stereocenters. The fraction of sp³-hybridized carbons (Fsp3) is 0.211. The van der Waals surface area contributed by atoms with Crippen LogP contribution in [0.2, 0.25) is 5.02 Å². The van der Waals surface area contributed by atoms with E-state index in [9.17, 15) is 13.6 Å². The third kappa shape index (κ3) is 3.55. The van der Waals surface area contributed by atoms with Crippen molar-refractivity contribution >= 4 is 17.5 Å². The maximum atomic E-state index is 13.5. The lowest BCUT2D eigenvalue weighted by atomic mass is 10.1. The summed E-state index contributed by atoms with van der Waals surface area (Å²) in [7, 11) is 0. The first kappa shape index (κ1) is 17.6. The summed E-state index contributed by atoms with van der Waals surface area (Å²) in [6.45, 7) is 0.0575. The summed E-state index contributed by atoms with van der Waals surface area (Å²) in [5.74, 6) is -0.916. The predicted octanol–water partition coefficient (Wildman–Crippen LogP) is 4.53. The molecule has 1 fully saturated rings. The lowest BCUT2D eigenvalue weighted by Gasteiger charge is -2.22. The van der Waals surface area contributed by atoms with E-state index in [-0.39, 0.29) is 18.3 Å². The van der Waals surface area contributed by atoms with Crippen LogP contribution in [0, 0.1) is 11.6 Å².